The second-order valence-electron chi connectivity index (χ2n) is 8.28. The maximum atomic E-state index is 11.2. The third kappa shape index (κ3) is 6.92. The van der Waals surface area contributed by atoms with Crippen molar-refractivity contribution in [2.45, 2.75) is 47.8 Å². The van der Waals surface area contributed by atoms with Gasteiger partial charge >= 0.3 is 10.3 Å². The number of hydrogen-bond donors (Lipinski definition) is 4. The van der Waals surface area contributed by atoms with E-state index >= 15 is 0 Å². The topological polar surface area (TPSA) is 148 Å². The highest BCUT2D eigenvalue weighted by molar-refractivity contribution is 7.99. The molecular weight excluding hydrogens is 532 g/mol. The average molecular weight is 557 g/mol. The second-order valence-corrected chi connectivity index (χ2v) is 12.3. The quantitative estimate of drug-likeness (QED) is 0.311. The molecule has 0 bridgehead atoms. The molecule has 188 valence electrons. The summed E-state index contributed by atoms with van der Waals surface area (Å²) in [5, 5.41) is 30.3. The first kappa shape index (κ1) is 26.3. The van der Waals surface area contributed by atoms with E-state index in [2.05, 4.69) is 19.5 Å². The molecule has 0 saturated heterocycles. The highest BCUT2D eigenvalue weighted by Crippen LogP contribution is 2.40. The highest BCUT2D eigenvalue weighted by atomic mass is 35.5. The lowest BCUT2D eigenvalue weighted by Crippen LogP contribution is -2.24. The van der Waals surface area contributed by atoms with Gasteiger partial charge in [-0.2, -0.15) is 8.42 Å². The Morgan fingerprint density at radius 1 is 1.37 bits per heavy atom. The van der Waals surface area contributed by atoms with Crippen molar-refractivity contribution in [3.63, 3.8) is 0 Å². The fourth-order valence-electron chi connectivity index (χ4n) is 3.97. The molecule has 0 amide bonds. The summed E-state index contributed by atoms with van der Waals surface area (Å²) in [5.41, 5.74) is 0.506. The van der Waals surface area contributed by atoms with Crippen LogP contribution in [0, 0.1) is 12.8 Å². The zero-order valence-corrected chi connectivity index (χ0v) is 21.9. The number of aliphatic hydroxyl groups is 2. The monoisotopic (exact) mass is 556 g/mol. The molecule has 35 heavy (non-hydrogen) atoms. The second kappa shape index (κ2) is 11.1. The number of halogens is 1. The van der Waals surface area contributed by atoms with Gasteiger partial charge in [0.25, 0.3) is 0 Å². The molecule has 4 rings (SSSR count). The van der Waals surface area contributed by atoms with Crippen molar-refractivity contribution in [3.05, 3.63) is 63.2 Å². The Bertz CT molecular complexity index is 1290. The molecule has 1 aliphatic carbocycles. The van der Waals surface area contributed by atoms with Gasteiger partial charge in [0, 0.05) is 48.3 Å². The number of nitrogens with zero attached hydrogens (tertiary/aromatic N) is 2. The number of nitrogens with two attached hydrogens (primary N) is 1. The van der Waals surface area contributed by atoms with E-state index in [4.69, 9.17) is 16.7 Å². The highest BCUT2D eigenvalue weighted by Gasteiger charge is 2.35. The molecule has 1 aromatic carbocycles. The Labute approximate surface area is 217 Å². The number of aromatic nitrogens is 2. The number of aryl methyl sites for hydroxylation is 1. The first-order chi connectivity index (χ1) is 16.6. The predicted molar refractivity (Wildman–Crippen MR) is 136 cm³/mol. The van der Waals surface area contributed by atoms with Crippen molar-refractivity contribution in [2.24, 2.45) is 11.1 Å². The molecule has 0 spiro atoms. The number of rotatable bonds is 9. The summed E-state index contributed by atoms with van der Waals surface area (Å²) in [5.74, 6) is 0.0554. The Morgan fingerprint density at radius 2 is 2.17 bits per heavy atom. The molecule has 2 heterocycles. The molecule has 2 aromatic heterocycles. The summed E-state index contributed by atoms with van der Waals surface area (Å²) in [6.07, 6.45) is 2.06. The van der Waals surface area contributed by atoms with E-state index in [0.29, 0.717) is 29.2 Å². The van der Waals surface area contributed by atoms with Crippen LogP contribution in [-0.4, -0.2) is 47.4 Å². The zero-order chi connectivity index (χ0) is 25.2. The lowest BCUT2D eigenvalue weighted by Gasteiger charge is -2.18. The van der Waals surface area contributed by atoms with Crippen LogP contribution < -0.4 is 10.5 Å². The average Bonchev–Trinajstić information content (AvgIpc) is 3.33. The number of nitrogens with one attached hydrogen (secondary N) is 1. The summed E-state index contributed by atoms with van der Waals surface area (Å²) < 4.78 is 26.8. The van der Waals surface area contributed by atoms with Gasteiger partial charge in [-0.25, -0.2) is 15.1 Å². The van der Waals surface area contributed by atoms with Crippen LogP contribution in [0.4, 0.5) is 5.82 Å². The molecule has 1 fully saturated rings. The first-order valence-electron chi connectivity index (χ1n) is 10.7. The van der Waals surface area contributed by atoms with Gasteiger partial charge in [0.15, 0.2) is 0 Å². The molecule has 1 aliphatic rings. The smallest absolute Gasteiger partial charge is 0.333 e. The van der Waals surface area contributed by atoms with Crippen LogP contribution in [0.15, 0.2) is 52.6 Å². The molecule has 4 atom stereocenters. The fraction of sp³-hybridized carbons (Fsp3) is 0.364. The molecule has 1 saturated carbocycles. The molecule has 0 aliphatic heterocycles. The fourth-order valence-corrected chi connectivity index (χ4v) is 6.76. The van der Waals surface area contributed by atoms with E-state index in [0.717, 1.165) is 19.5 Å². The lowest BCUT2D eigenvalue weighted by atomic mass is 10.1. The van der Waals surface area contributed by atoms with E-state index in [1.807, 2.05) is 37.3 Å². The van der Waals surface area contributed by atoms with Crippen molar-refractivity contribution in [1.82, 2.24) is 9.97 Å². The predicted octanol–water partition coefficient (Wildman–Crippen LogP) is 3.50. The SMILES string of the molecule is Cc1sc(C(O)c2cncnc2N[C@@H]2C[C@H](COS(N)(=O)=O)[C@@H](O)C2)cc1Sc1cccc(Cl)c1. The Hall–Kier alpha value is -1.77. The van der Waals surface area contributed by atoms with Crippen molar-refractivity contribution in [2.75, 3.05) is 11.9 Å². The van der Waals surface area contributed by atoms with Gasteiger partial charge in [0.05, 0.1) is 12.7 Å². The maximum Gasteiger partial charge on any atom is 0.333 e. The minimum Gasteiger partial charge on any atom is -0.393 e. The number of benzene rings is 1. The Kier molecular flexibility index (Phi) is 8.34. The number of thiophene rings is 1. The van der Waals surface area contributed by atoms with Crippen molar-refractivity contribution >= 4 is 50.8 Å². The van der Waals surface area contributed by atoms with Crippen LogP contribution in [-0.2, 0) is 14.5 Å². The van der Waals surface area contributed by atoms with Gasteiger partial charge in [-0.1, -0.05) is 29.4 Å². The van der Waals surface area contributed by atoms with Gasteiger partial charge < -0.3 is 15.5 Å². The molecule has 5 N–H and O–H groups in total. The lowest BCUT2D eigenvalue weighted by molar-refractivity contribution is 0.101. The summed E-state index contributed by atoms with van der Waals surface area (Å²) >= 11 is 9.17. The van der Waals surface area contributed by atoms with Crippen LogP contribution in [0.2, 0.25) is 5.02 Å². The van der Waals surface area contributed by atoms with Gasteiger partial charge in [0.1, 0.15) is 18.2 Å². The Balaban J connectivity index is 1.47. The number of hydrogen-bond acceptors (Lipinski definition) is 10. The van der Waals surface area contributed by atoms with Gasteiger partial charge in [-0.3, -0.25) is 4.18 Å². The largest absolute Gasteiger partial charge is 0.393 e. The van der Waals surface area contributed by atoms with Crippen LogP contribution in [0.5, 0.6) is 0 Å². The van der Waals surface area contributed by atoms with Gasteiger partial charge in [0.2, 0.25) is 0 Å². The number of anilines is 1. The van der Waals surface area contributed by atoms with E-state index in [1.165, 1.54) is 17.7 Å². The third-order valence-electron chi connectivity index (χ3n) is 5.66. The Morgan fingerprint density at radius 3 is 2.91 bits per heavy atom. The van der Waals surface area contributed by atoms with Crippen molar-refractivity contribution < 1.29 is 22.8 Å². The molecule has 0 radical (unpaired) electrons. The summed E-state index contributed by atoms with van der Waals surface area (Å²) in [7, 11) is -4.08. The van der Waals surface area contributed by atoms with Crippen LogP contribution in [0.1, 0.15) is 34.3 Å². The minimum atomic E-state index is -4.08. The zero-order valence-electron chi connectivity index (χ0n) is 18.7. The van der Waals surface area contributed by atoms with Crippen LogP contribution in [0.3, 0.4) is 0 Å². The van der Waals surface area contributed by atoms with Crippen molar-refractivity contribution in [1.29, 1.82) is 0 Å². The van der Waals surface area contributed by atoms with E-state index in [9.17, 15) is 18.6 Å². The summed E-state index contributed by atoms with van der Waals surface area (Å²) in [6.45, 7) is 1.80. The van der Waals surface area contributed by atoms with Gasteiger partial charge in [-0.05, 0) is 44.0 Å². The van der Waals surface area contributed by atoms with Gasteiger partial charge in [-0.15, -0.1) is 11.3 Å². The van der Waals surface area contributed by atoms with E-state index < -0.39 is 28.4 Å². The molecule has 9 nitrogen and oxygen atoms in total. The van der Waals surface area contributed by atoms with Crippen molar-refractivity contribution in [3.8, 4) is 0 Å². The molecular formula is C22H25ClN4O5S3. The summed E-state index contributed by atoms with van der Waals surface area (Å²) in [4.78, 5) is 12.2. The molecule has 13 heteroatoms. The van der Waals surface area contributed by atoms with E-state index in [-0.39, 0.29) is 12.6 Å². The summed E-state index contributed by atoms with van der Waals surface area (Å²) in [6, 6.07) is 9.35. The van der Waals surface area contributed by atoms with Crippen LogP contribution >= 0.6 is 34.7 Å². The minimum absolute atomic E-state index is 0.195. The number of aliphatic hydroxyl groups excluding tert-OH is 2. The standard InChI is InChI=1S/C22H25ClN4O5S3/c1-12-19(34-16-4-2-3-14(23)6-16)8-20(33-12)21(29)17-9-25-11-26-22(17)27-15-5-13(18(28)7-15)10-32-35(24,30)31/h2-4,6,8-9,11,13,15,18,21,28-29H,5,7,10H2,1H3,(H2,24,30,31)(H,25,26,27)/t13-,15-,18+,21?/m1/s1. The normalized spacial score (nSPS) is 21.2. The maximum absolute atomic E-state index is 11.2. The third-order valence-corrected chi connectivity index (χ3v) is 8.73. The van der Waals surface area contributed by atoms with Crippen LogP contribution in [0.25, 0.3) is 0 Å². The molecule has 3 aromatic rings. The first-order valence-corrected chi connectivity index (χ1v) is 14.2. The molecule has 1 unspecified atom stereocenters. The van der Waals surface area contributed by atoms with E-state index in [1.54, 1.807) is 18.0 Å².